The Balaban J connectivity index is 0.552. The molecule has 554 valence electrons. The molecule has 2 aliphatic carbocycles. The first-order valence-corrected chi connectivity index (χ1v) is 41.7. The van der Waals surface area contributed by atoms with Crippen molar-refractivity contribution in [3.8, 4) is 67.5 Å². The summed E-state index contributed by atoms with van der Waals surface area (Å²) in [5.41, 5.74) is 35.7. The van der Waals surface area contributed by atoms with Crippen LogP contribution in [0.15, 0.2) is 324 Å². The first-order chi connectivity index (χ1) is 56.7. The predicted octanol–water partition coefficient (Wildman–Crippen LogP) is 26.1. The lowest BCUT2D eigenvalue weighted by Gasteiger charge is -2.45. The van der Waals surface area contributed by atoms with Crippen LogP contribution in [0.4, 0.5) is 22.7 Å². The molecule has 6 aliphatic rings. The minimum atomic E-state index is -0.522. The van der Waals surface area contributed by atoms with Gasteiger partial charge in [-0.3, -0.25) is 0 Å². The van der Waals surface area contributed by atoms with Gasteiger partial charge in [0, 0.05) is 68.3 Å². The average molecular weight is 1490 g/mol. The zero-order valence-electron chi connectivity index (χ0n) is 65.1. The van der Waals surface area contributed by atoms with Crippen molar-refractivity contribution in [3.63, 3.8) is 0 Å². The fourth-order valence-electron chi connectivity index (χ4n) is 21.6. The van der Waals surface area contributed by atoms with Crippen molar-refractivity contribution in [2.24, 2.45) is 0 Å². The van der Waals surface area contributed by atoms with E-state index in [-0.39, 0.29) is 12.1 Å². The Morgan fingerprint density at radius 2 is 0.661 bits per heavy atom. The van der Waals surface area contributed by atoms with Crippen LogP contribution >= 0.6 is 0 Å². The van der Waals surface area contributed by atoms with E-state index in [0.717, 1.165) is 144 Å². The second kappa shape index (κ2) is 26.4. The lowest BCUT2D eigenvalue weighted by Crippen LogP contribution is -2.62. The molecule has 17 aromatic rings. The molecule has 0 N–H and O–H groups in total. The molecule has 0 atom stereocenters. The van der Waals surface area contributed by atoms with Crippen molar-refractivity contribution in [3.05, 3.63) is 377 Å². The van der Waals surface area contributed by atoms with Crippen molar-refractivity contribution in [2.75, 3.05) is 22.9 Å². The molecule has 15 aromatic carbocycles. The summed E-state index contributed by atoms with van der Waals surface area (Å²) < 4.78 is 28.2. The molecule has 0 saturated heterocycles. The van der Waals surface area contributed by atoms with Crippen LogP contribution in [0.2, 0.25) is 0 Å². The number of nitrogens with zero attached hydrogens (tertiary/aromatic N) is 2. The number of para-hydroxylation sites is 4. The van der Waals surface area contributed by atoms with Crippen molar-refractivity contribution >= 4 is 89.7 Å². The molecule has 0 saturated carbocycles. The second-order valence-corrected chi connectivity index (χ2v) is 33.8. The molecule has 23 rings (SSSR count). The molecule has 0 fully saturated rings. The van der Waals surface area contributed by atoms with E-state index >= 15 is 0 Å². The first kappa shape index (κ1) is 67.8. The molecule has 6 nitrogen and oxygen atoms in total. The third kappa shape index (κ3) is 10.1. The van der Waals surface area contributed by atoms with Crippen LogP contribution in [0.5, 0.6) is 23.0 Å². The molecule has 0 unspecified atom stereocenters. The maximum atomic E-state index is 7.23. The van der Waals surface area contributed by atoms with Crippen molar-refractivity contribution in [2.45, 2.75) is 101 Å². The number of furan rings is 2. The molecule has 2 spiro atoms. The van der Waals surface area contributed by atoms with Gasteiger partial charge in [-0.1, -0.05) is 301 Å². The summed E-state index contributed by atoms with van der Waals surface area (Å²) in [6.45, 7) is 8.78. The number of hydrogen-bond acceptors (Lipinski definition) is 6. The van der Waals surface area contributed by atoms with Gasteiger partial charge in [0.15, 0.2) is 11.2 Å². The van der Waals surface area contributed by atoms with E-state index in [1.54, 1.807) is 0 Å². The van der Waals surface area contributed by atoms with Crippen molar-refractivity contribution in [1.82, 2.24) is 0 Å². The minimum absolute atomic E-state index is 0.0746. The summed E-state index contributed by atoms with van der Waals surface area (Å²) in [5, 5.41) is 4.60. The fraction of sp³-hybridized carbons (Fsp3) is 0.167. The summed E-state index contributed by atoms with van der Waals surface area (Å²) in [4.78, 5) is 5.41. The number of fused-ring (bicyclic) bond motifs is 30. The summed E-state index contributed by atoms with van der Waals surface area (Å²) in [6, 6.07) is 118. The largest absolute Gasteiger partial charge is 0.457 e. The molecular weight excluding hydrogens is 1400 g/mol. The topological polar surface area (TPSA) is 51.2 Å². The third-order valence-corrected chi connectivity index (χ3v) is 26.6. The van der Waals surface area contributed by atoms with Gasteiger partial charge in [-0.2, -0.15) is 0 Å². The maximum Gasteiger partial charge on any atom is 0.252 e. The molecule has 115 heavy (non-hydrogen) atoms. The van der Waals surface area contributed by atoms with Gasteiger partial charge in [0.05, 0.1) is 22.2 Å². The number of benzene rings is 15. The standard InChI is InChI=1S/C108H85BN2O4/c1-106(2,3)72-66-93-101-94(67-72)111(63-31-7-5-9-33-69-35-11-13-37-74(69)71-55-61-100-90(65-71)108(88-49-25-29-53-98(88)113-100)85-46-22-16-40-77(85)78-41-17-23-47-86(78)108)103-92(59-57-82-80-43-19-27-51-96(80)115-105(82)103)109(101)91-58-56-81-79-42-18-26-50-95(79)114-104(81)102(91)110(93)62-30-6-4-8-32-68-34-10-12-36-73(68)70-54-60-99-89(64-70)107(87-48-24-28-52-97(87)112-99)83-44-20-14-38-75(83)76-39-15-21-45-84(76)107/h10-29,34-61,64-67H,4-9,30-33,62-63H2,1-3H3. The SMILES string of the molecule is CC(C)(C)c1cc2c3c(c1)N(CCCCCCc1ccccc1-c1ccc4c(c1)C1(c5ccccc5O4)c4ccccc4-c4ccccc41)c1c(ccc4c1oc1ccccc14)B3c1ccc3c(oc4ccccc43)c1N2CCCCCCc1ccccc1-c1ccc2c(c1)C1(c3ccccc3O2)c2ccccc2-c2ccccc21. The lowest BCUT2D eigenvalue weighted by molar-refractivity contribution is 0.436. The normalized spacial score (nSPS) is 14.3. The molecule has 0 bridgehead atoms. The Morgan fingerprint density at radius 3 is 1.09 bits per heavy atom. The molecule has 4 aliphatic heterocycles. The third-order valence-electron chi connectivity index (χ3n) is 26.6. The summed E-state index contributed by atoms with van der Waals surface area (Å²) in [5.74, 6) is 3.65. The molecule has 7 heteroatoms. The highest BCUT2D eigenvalue weighted by atomic mass is 16.5. The smallest absolute Gasteiger partial charge is 0.252 e. The average Bonchev–Trinajstić information content (AvgIpc) is 1.60. The number of unbranched alkanes of at least 4 members (excludes halogenated alkanes) is 6. The van der Waals surface area contributed by atoms with Gasteiger partial charge in [0.2, 0.25) is 0 Å². The van der Waals surface area contributed by atoms with E-state index in [1.807, 2.05) is 0 Å². The van der Waals surface area contributed by atoms with E-state index in [1.165, 1.54) is 145 Å². The zero-order valence-corrected chi connectivity index (χ0v) is 65.1. The summed E-state index contributed by atoms with van der Waals surface area (Å²) >= 11 is 0. The molecule has 6 heterocycles. The van der Waals surface area contributed by atoms with Crippen LogP contribution in [0.25, 0.3) is 88.4 Å². The van der Waals surface area contributed by atoms with Gasteiger partial charge in [0.25, 0.3) is 6.71 Å². The molecule has 0 amide bonds. The fourth-order valence-corrected chi connectivity index (χ4v) is 21.6. The number of anilines is 4. The number of aryl methyl sites for hydroxylation is 2. The Hall–Kier alpha value is -12.8. The van der Waals surface area contributed by atoms with Crippen molar-refractivity contribution in [1.29, 1.82) is 0 Å². The minimum Gasteiger partial charge on any atom is -0.457 e. The van der Waals surface area contributed by atoms with E-state index in [4.69, 9.17) is 18.3 Å². The van der Waals surface area contributed by atoms with E-state index in [0.29, 0.717) is 0 Å². The summed E-state index contributed by atoms with van der Waals surface area (Å²) in [7, 11) is 0. The number of hydrogen-bond donors (Lipinski definition) is 0. The monoisotopic (exact) mass is 1480 g/mol. The van der Waals surface area contributed by atoms with Crippen LogP contribution in [-0.2, 0) is 29.1 Å². The number of ether oxygens (including phenoxy) is 2. The summed E-state index contributed by atoms with van der Waals surface area (Å²) in [6.07, 6.45) is 10.5. The lowest BCUT2D eigenvalue weighted by atomic mass is 9.33. The highest BCUT2D eigenvalue weighted by Crippen LogP contribution is 2.65. The first-order valence-electron chi connectivity index (χ1n) is 41.7. The molecule has 0 radical (unpaired) electrons. The molecule has 2 aromatic heterocycles. The highest BCUT2D eigenvalue weighted by molar-refractivity contribution is 7.00. The second-order valence-electron chi connectivity index (χ2n) is 33.8. The quantitative estimate of drug-likeness (QED) is 0.0710. The van der Waals surface area contributed by atoms with Gasteiger partial charge in [-0.25, -0.2) is 0 Å². The van der Waals surface area contributed by atoms with Crippen LogP contribution in [0, 0.1) is 0 Å². The number of rotatable bonds is 16. The van der Waals surface area contributed by atoms with Gasteiger partial charge in [0.1, 0.15) is 34.2 Å². The van der Waals surface area contributed by atoms with E-state index in [2.05, 4.69) is 346 Å². The molecular formula is C108H85BN2O4. The van der Waals surface area contributed by atoms with Gasteiger partial charge in [-0.15, -0.1) is 0 Å². The Labute approximate surface area is 672 Å². The van der Waals surface area contributed by atoms with Gasteiger partial charge >= 0.3 is 0 Å². The van der Waals surface area contributed by atoms with Crippen LogP contribution in [-0.4, -0.2) is 19.8 Å². The predicted molar refractivity (Wildman–Crippen MR) is 474 cm³/mol. The Kier molecular flexibility index (Phi) is 15.6. The van der Waals surface area contributed by atoms with Crippen LogP contribution in [0.1, 0.15) is 133 Å². The zero-order chi connectivity index (χ0) is 76.3. The highest BCUT2D eigenvalue weighted by Gasteiger charge is 2.54. The van der Waals surface area contributed by atoms with E-state index in [9.17, 15) is 0 Å². The van der Waals surface area contributed by atoms with Gasteiger partial charge in [-0.05, 0) is 204 Å². The van der Waals surface area contributed by atoms with Gasteiger partial charge < -0.3 is 28.1 Å². The van der Waals surface area contributed by atoms with E-state index < -0.39 is 10.8 Å². The van der Waals surface area contributed by atoms with Crippen LogP contribution < -0.4 is 35.7 Å². The Morgan fingerprint density at radius 1 is 0.304 bits per heavy atom. The Bertz CT molecular complexity index is 6380. The van der Waals surface area contributed by atoms with Crippen LogP contribution in [0.3, 0.4) is 0 Å². The van der Waals surface area contributed by atoms with Crippen molar-refractivity contribution < 1.29 is 18.3 Å². The maximum absolute atomic E-state index is 7.23.